The maximum absolute atomic E-state index is 12.8. The molecule has 0 radical (unpaired) electrons. The molecule has 1 rings (SSSR count). The first kappa shape index (κ1) is 56.3. The van der Waals surface area contributed by atoms with Crippen molar-refractivity contribution in [1.29, 1.82) is 0 Å². The number of unbranched alkanes of at least 4 members (excludes halogenated alkanes) is 6. The molecular formula is C48H82NO11P. The van der Waals surface area contributed by atoms with E-state index in [4.69, 9.17) is 18.5 Å². The Labute approximate surface area is 368 Å². The summed E-state index contributed by atoms with van der Waals surface area (Å²) in [7, 11) is 0.992. The van der Waals surface area contributed by atoms with Crippen molar-refractivity contribution < 1.29 is 57.4 Å². The van der Waals surface area contributed by atoms with Crippen molar-refractivity contribution in [3.8, 4) is 0 Å². The molecule has 1 saturated carbocycles. The van der Waals surface area contributed by atoms with Gasteiger partial charge in [-0.2, -0.15) is 0 Å². The third kappa shape index (κ3) is 31.8. The van der Waals surface area contributed by atoms with E-state index in [0.29, 0.717) is 49.6 Å². The van der Waals surface area contributed by atoms with Crippen LogP contribution in [0.15, 0.2) is 72.9 Å². The summed E-state index contributed by atoms with van der Waals surface area (Å²) in [4.78, 5) is 37.8. The molecule has 3 N–H and O–H groups in total. The van der Waals surface area contributed by atoms with Gasteiger partial charge < -0.3 is 43.2 Å². The predicted octanol–water partition coefficient (Wildman–Crippen LogP) is 8.77. The molecule has 1 aliphatic rings. The van der Waals surface area contributed by atoms with Crippen molar-refractivity contribution >= 4 is 19.8 Å². The number of phosphoric acid groups is 1. The summed E-state index contributed by atoms with van der Waals surface area (Å²) >= 11 is 0. The van der Waals surface area contributed by atoms with Crippen molar-refractivity contribution in [3.05, 3.63) is 72.9 Å². The smallest absolute Gasteiger partial charge is 0.306 e. The van der Waals surface area contributed by atoms with E-state index in [1.54, 1.807) is 6.08 Å². The van der Waals surface area contributed by atoms with Gasteiger partial charge in [0.15, 0.2) is 6.10 Å². The molecule has 13 heteroatoms. The molecule has 0 bridgehead atoms. The highest BCUT2D eigenvalue weighted by Gasteiger charge is 2.39. The Balaban J connectivity index is 2.51. The second-order valence-electron chi connectivity index (χ2n) is 17.0. The number of allylic oxidation sites excluding steroid dienone is 10. The Kier molecular flexibility index (Phi) is 32.1. The van der Waals surface area contributed by atoms with Gasteiger partial charge in [-0.3, -0.25) is 14.2 Å². The van der Waals surface area contributed by atoms with E-state index in [2.05, 4.69) is 68.5 Å². The van der Waals surface area contributed by atoms with E-state index >= 15 is 0 Å². The van der Waals surface area contributed by atoms with E-state index in [9.17, 15) is 34.4 Å². The molecule has 0 saturated heterocycles. The second-order valence-corrected chi connectivity index (χ2v) is 18.4. The minimum absolute atomic E-state index is 0.0818. The maximum Gasteiger partial charge on any atom is 0.306 e. The number of hydrogen-bond donors (Lipinski definition) is 3. The lowest BCUT2D eigenvalue weighted by molar-refractivity contribution is -0.870. The summed E-state index contributed by atoms with van der Waals surface area (Å²) in [5.41, 5.74) is 0. The zero-order valence-electron chi connectivity index (χ0n) is 38.2. The summed E-state index contributed by atoms with van der Waals surface area (Å²) in [6.45, 7) is 3.68. The summed E-state index contributed by atoms with van der Waals surface area (Å²) in [6.07, 6.45) is 35.7. The number of carbonyl (C=O) groups excluding carboxylic acids is 2. The number of esters is 2. The van der Waals surface area contributed by atoms with E-state index in [0.717, 1.165) is 70.6 Å². The van der Waals surface area contributed by atoms with Gasteiger partial charge in [0, 0.05) is 25.2 Å². The van der Waals surface area contributed by atoms with Gasteiger partial charge in [0.2, 0.25) is 0 Å². The molecule has 0 aromatic carbocycles. The Morgan fingerprint density at radius 3 is 1.98 bits per heavy atom. The molecule has 61 heavy (non-hydrogen) atoms. The predicted molar refractivity (Wildman–Crippen MR) is 242 cm³/mol. The van der Waals surface area contributed by atoms with Crippen molar-refractivity contribution in [2.45, 2.75) is 160 Å². The van der Waals surface area contributed by atoms with Crippen LogP contribution in [0.25, 0.3) is 0 Å². The number of ether oxygens (including phenoxy) is 2. The van der Waals surface area contributed by atoms with Gasteiger partial charge in [0.25, 0.3) is 7.82 Å². The number of phosphoric ester groups is 1. The minimum atomic E-state index is -4.70. The second kappa shape index (κ2) is 34.8. The number of rotatable bonds is 36. The molecule has 0 heterocycles. The number of carbonyl (C=O) groups is 2. The molecule has 0 amide bonds. The average Bonchev–Trinajstić information content (AvgIpc) is 3.47. The van der Waals surface area contributed by atoms with Crippen LogP contribution in [0.4, 0.5) is 0 Å². The first-order valence-corrected chi connectivity index (χ1v) is 24.4. The quantitative estimate of drug-likeness (QED) is 0.0181. The van der Waals surface area contributed by atoms with Crippen LogP contribution in [0.3, 0.4) is 0 Å². The zero-order valence-corrected chi connectivity index (χ0v) is 39.1. The van der Waals surface area contributed by atoms with Crippen molar-refractivity contribution in [3.63, 3.8) is 0 Å². The molecule has 12 nitrogen and oxygen atoms in total. The molecule has 1 fully saturated rings. The van der Waals surface area contributed by atoms with Gasteiger partial charge in [-0.15, -0.1) is 0 Å². The fraction of sp³-hybridized carbons (Fsp3) is 0.708. The van der Waals surface area contributed by atoms with Gasteiger partial charge in [-0.1, -0.05) is 125 Å². The van der Waals surface area contributed by atoms with Crippen molar-refractivity contribution in [2.75, 3.05) is 47.5 Å². The van der Waals surface area contributed by atoms with Gasteiger partial charge in [0.1, 0.15) is 19.8 Å². The SMILES string of the molecule is CC/C=C\C/C=C\C/C=C\C/C=C\C/C=C\CCCC(=O)OC[C@H](COP(=O)([O-])OCC[N+](C)(C)C)OC(=O)CCCCCC[C@@H]1[C@@H](/C=C/[C@@H](O)CCCCC)[C@H](O)C[C@@H]1O. The molecular weight excluding hydrogens is 797 g/mol. The van der Waals surface area contributed by atoms with Gasteiger partial charge in [-0.05, 0) is 70.1 Å². The third-order valence-electron chi connectivity index (χ3n) is 10.3. The Morgan fingerprint density at radius 1 is 0.754 bits per heavy atom. The van der Waals surface area contributed by atoms with E-state index in [1.807, 2.05) is 33.3 Å². The lowest BCUT2D eigenvalue weighted by atomic mass is 9.88. The molecule has 0 aromatic rings. The summed E-state index contributed by atoms with van der Waals surface area (Å²) in [5.74, 6) is -1.37. The molecule has 1 aliphatic carbocycles. The number of aliphatic hydroxyl groups is 3. The largest absolute Gasteiger partial charge is 0.756 e. The fourth-order valence-electron chi connectivity index (χ4n) is 6.73. The highest BCUT2D eigenvalue weighted by Crippen LogP contribution is 2.39. The van der Waals surface area contributed by atoms with Crippen LogP contribution >= 0.6 is 7.82 Å². The van der Waals surface area contributed by atoms with Gasteiger partial charge in [0.05, 0.1) is 46.1 Å². The number of hydrogen-bond acceptors (Lipinski definition) is 11. The highest BCUT2D eigenvalue weighted by molar-refractivity contribution is 7.45. The van der Waals surface area contributed by atoms with E-state index in [1.165, 1.54) is 0 Å². The molecule has 0 aromatic heterocycles. The molecule has 0 aliphatic heterocycles. The van der Waals surface area contributed by atoms with Crippen LogP contribution in [0.1, 0.15) is 136 Å². The molecule has 7 atom stereocenters. The first-order valence-electron chi connectivity index (χ1n) is 22.9. The minimum Gasteiger partial charge on any atom is -0.756 e. The number of nitrogens with zero attached hydrogens (tertiary/aromatic N) is 1. The number of likely N-dealkylation sites (N-methyl/N-ethyl adjacent to an activating group) is 1. The van der Waals surface area contributed by atoms with Crippen LogP contribution in [0, 0.1) is 11.8 Å². The lowest BCUT2D eigenvalue weighted by Crippen LogP contribution is -2.37. The Hall–Kier alpha value is -2.67. The highest BCUT2D eigenvalue weighted by atomic mass is 31.2. The summed E-state index contributed by atoms with van der Waals surface area (Å²) in [5, 5.41) is 31.5. The first-order chi connectivity index (χ1) is 29.2. The van der Waals surface area contributed by atoms with Crippen molar-refractivity contribution in [1.82, 2.24) is 0 Å². The molecule has 1 unspecified atom stereocenters. The average molecular weight is 880 g/mol. The van der Waals surface area contributed by atoms with Crippen molar-refractivity contribution in [2.24, 2.45) is 11.8 Å². The molecule has 350 valence electrons. The van der Waals surface area contributed by atoms with Crippen LogP contribution in [0.5, 0.6) is 0 Å². The maximum atomic E-state index is 12.8. The monoisotopic (exact) mass is 880 g/mol. The lowest BCUT2D eigenvalue weighted by Gasteiger charge is -2.28. The summed E-state index contributed by atoms with van der Waals surface area (Å²) < 4.78 is 33.8. The summed E-state index contributed by atoms with van der Waals surface area (Å²) in [6, 6.07) is 0. The van der Waals surface area contributed by atoms with E-state index < -0.39 is 50.8 Å². The van der Waals surface area contributed by atoms with Crippen LogP contribution in [-0.4, -0.2) is 104 Å². The van der Waals surface area contributed by atoms with Crippen LogP contribution in [0.2, 0.25) is 0 Å². The van der Waals surface area contributed by atoms with Gasteiger partial charge >= 0.3 is 11.9 Å². The van der Waals surface area contributed by atoms with Crippen LogP contribution < -0.4 is 4.89 Å². The number of aliphatic hydroxyl groups excluding tert-OH is 3. The fourth-order valence-corrected chi connectivity index (χ4v) is 7.45. The number of quaternary nitrogens is 1. The topological polar surface area (TPSA) is 172 Å². The normalized spacial score (nSPS) is 20.9. The standard InChI is InChI=1S/C48H82NO11P/c1-6-8-10-11-12-13-14-15-16-17-18-19-20-21-22-23-28-32-47(53)57-39-42(40-59-61(55,56)58-37-36-49(3,4)5)60-48(54)33-29-25-24-27-31-43-44(46(52)38-45(43)51)35-34-41(50)30-26-9-7-2/h8,10,12-13,15-16,18-19,21-22,34-35,41-46,50-52H,6-7,9,11,14,17,20,23-33,36-40H2,1-5H3/b10-8-,13-12-,16-15-,19-18-,22-21-,35-34+/t41-,42+,43+,44+,45-,46+/m0/s1. The third-order valence-corrected chi connectivity index (χ3v) is 11.3. The zero-order chi connectivity index (χ0) is 45.2. The van der Waals surface area contributed by atoms with Gasteiger partial charge in [-0.25, -0.2) is 0 Å². The Morgan fingerprint density at radius 2 is 1.36 bits per heavy atom. The van der Waals surface area contributed by atoms with Crippen LogP contribution in [-0.2, 0) is 32.7 Å². The van der Waals surface area contributed by atoms with E-state index in [-0.39, 0.29) is 37.9 Å². The Bertz CT molecular complexity index is 1390. The molecule has 0 spiro atoms.